The second-order valence-electron chi connectivity index (χ2n) is 5.87. The van der Waals surface area contributed by atoms with E-state index in [0.29, 0.717) is 31.9 Å². The zero-order valence-corrected chi connectivity index (χ0v) is 13.6. The van der Waals surface area contributed by atoms with Gasteiger partial charge in [0.2, 0.25) is 11.8 Å². The number of nitrogens with one attached hydrogen (secondary N) is 2. The molecule has 3 N–H and O–H groups in total. The number of hydrogen-bond donors (Lipinski definition) is 3. The lowest BCUT2D eigenvalue weighted by atomic mass is 9.93. The Morgan fingerprint density at radius 3 is 2.43 bits per heavy atom. The topological polar surface area (TPSA) is 87.7 Å². The fraction of sp³-hybridized carbons (Fsp3) is 0.867. The SMILES string of the molecule is COCCC(CO)NC(=O)C[C@@H](CNC(C)=O)CC(C)C. The maximum atomic E-state index is 12.0. The van der Waals surface area contributed by atoms with Gasteiger partial charge in [-0.25, -0.2) is 0 Å². The number of aliphatic hydroxyl groups excluding tert-OH is 1. The Morgan fingerprint density at radius 2 is 1.95 bits per heavy atom. The number of ether oxygens (including phenoxy) is 1. The number of carbonyl (C=O) groups excluding carboxylic acids is 2. The molecule has 0 saturated heterocycles. The standard InChI is InChI=1S/C15H30N2O4/c1-11(2)7-13(9-16-12(3)19)8-15(20)17-14(10-18)5-6-21-4/h11,13-14,18H,5-10H2,1-4H3,(H,16,19)(H,17,20)/t13-,14?/m0/s1. The van der Waals surface area contributed by atoms with Crippen LogP contribution in [0.2, 0.25) is 0 Å². The highest BCUT2D eigenvalue weighted by Gasteiger charge is 2.18. The van der Waals surface area contributed by atoms with Gasteiger partial charge in [-0.2, -0.15) is 0 Å². The number of rotatable bonds is 11. The van der Waals surface area contributed by atoms with Gasteiger partial charge in [0, 0.05) is 33.6 Å². The van der Waals surface area contributed by atoms with Crippen LogP contribution in [0.1, 0.15) is 40.0 Å². The van der Waals surface area contributed by atoms with Crippen molar-refractivity contribution in [3.05, 3.63) is 0 Å². The van der Waals surface area contributed by atoms with Crippen LogP contribution in [0.4, 0.5) is 0 Å². The summed E-state index contributed by atoms with van der Waals surface area (Å²) in [5.41, 5.74) is 0. The first kappa shape index (κ1) is 19.9. The molecule has 0 heterocycles. The maximum Gasteiger partial charge on any atom is 0.220 e. The molecule has 0 saturated carbocycles. The Kier molecular flexibility index (Phi) is 10.9. The normalized spacial score (nSPS) is 13.8. The Labute approximate surface area is 127 Å². The molecule has 0 spiro atoms. The summed E-state index contributed by atoms with van der Waals surface area (Å²) in [7, 11) is 1.59. The lowest BCUT2D eigenvalue weighted by Gasteiger charge is -2.21. The summed E-state index contributed by atoms with van der Waals surface area (Å²) in [6.45, 7) is 6.55. The van der Waals surface area contributed by atoms with E-state index in [1.807, 2.05) is 0 Å². The molecule has 0 aromatic rings. The van der Waals surface area contributed by atoms with Crippen molar-refractivity contribution in [3.8, 4) is 0 Å². The molecule has 0 rings (SSSR count). The van der Waals surface area contributed by atoms with Crippen LogP contribution in [-0.2, 0) is 14.3 Å². The smallest absolute Gasteiger partial charge is 0.220 e. The Bertz CT molecular complexity index is 308. The van der Waals surface area contributed by atoms with E-state index in [0.717, 1.165) is 6.42 Å². The summed E-state index contributed by atoms with van der Waals surface area (Å²) in [5.74, 6) is 0.382. The van der Waals surface area contributed by atoms with Crippen molar-refractivity contribution in [3.63, 3.8) is 0 Å². The number of amides is 2. The number of methoxy groups -OCH3 is 1. The van der Waals surface area contributed by atoms with Crippen molar-refractivity contribution < 1.29 is 19.4 Å². The zero-order chi connectivity index (χ0) is 16.3. The van der Waals surface area contributed by atoms with Crippen LogP contribution in [-0.4, -0.2) is 49.8 Å². The predicted octanol–water partition coefficient (Wildman–Crippen LogP) is 0.688. The van der Waals surface area contributed by atoms with E-state index in [1.54, 1.807) is 7.11 Å². The lowest BCUT2D eigenvalue weighted by Crippen LogP contribution is -2.40. The summed E-state index contributed by atoms with van der Waals surface area (Å²) in [4.78, 5) is 23.0. The maximum absolute atomic E-state index is 12.0. The summed E-state index contributed by atoms with van der Waals surface area (Å²) < 4.78 is 4.94. The van der Waals surface area contributed by atoms with E-state index in [-0.39, 0.29) is 30.4 Å². The van der Waals surface area contributed by atoms with Crippen molar-refractivity contribution in [1.82, 2.24) is 10.6 Å². The van der Waals surface area contributed by atoms with Crippen LogP contribution >= 0.6 is 0 Å². The molecule has 0 bridgehead atoms. The van der Waals surface area contributed by atoms with Crippen molar-refractivity contribution in [2.75, 3.05) is 26.9 Å². The van der Waals surface area contributed by atoms with Gasteiger partial charge in [-0.3, -0.25) is 9.59 Å². The zero-order valence-electron chi connectivity index (χ0n) is 13.6. The highest BCUT2D eigenvalue weighted by molar-refractivity contribution is 5.77. The van der Waals surface area contributed by atoms with Crippen molar-refractivity contribution >= 4 is 11.8 Å². The molecule has 0 aromatic carbocycles. The molecule has 0 aromatic heterocycles. The molecular weight excluding hydrogens is 272 g/mol. The third kappa shape index (κ3) is 11.2. The Morgan fingerprint density at radius 1 is 1.29 bits per heavy atom. The minimum atomic E-state index is -0.280. The molecule has 0 fully saturated rings. The average Bonchev–Trinajstić information content (AvgIpc) is 2.40. The molecule has 2 atom stereocenters. The Balaban J connectivity index is 4.32. The van der Waals surface area contributed by atoms with E-state index < -0.39 is 0 Å². The van der Waals surface area contributed by atoms with Gasteiger partial charge in [0.1, 0.15) is 0 Å². The highest BCUT2D eigenvalue weighted by Crippen LogP contribution is 2.15. The first-order chi connectivity index (χ1) is 9.88. The van der Waals surface area contributed by atoms with E-state index in [2.05, 4.69) is 24.5 Å². The van der Waals surface area contributed by atoms with Gasteiger partial charge < -0.3 is 20.5 Å². The molecule has 1 unspecified atom stereocenters. The first-order valence-electron chi connectivity index (χ1n) is 7.52. The second-order valence-corrected chi connectivity index (χ2v) is 5.87. The van der Waals surface area contributed by atoms with Crippen LogP contribution in [0.3, 0.4) is 0 Å². The minimum absolute atomic E-state index is 0.0857. The van der Waals surface area contributed by atoms with Gasteiger partial charge in [0.05, 0.1) is 12.6 Å². The third-order valence-corrected chi connectivity index (χ3v) is 3.17. The van der Waals surface area contributed by atoms with Gasteiger partial charge >= 0.3 is 0 Å². The summed E-state index contributed by atoms with van der Waals surface area (Å²) in [6.07, 6.45) is 1.80. The summed E-state index contributed by atoms with van der Waals surface area (Å²) >= 11 is 0. The molecular formula is C15H30N2O4. The van der Waals surface area contributed by atoms with Gasteiger partial charge in [0.25, 0.3) is 0 Å². The van der Waals surface area contributed by atoms with E-state index in [9.17, 15) is 14.7 Å². The van der Waals surface area contributed by atoms with Crippen LogP contribution in [0.15, 0.2) is 0 Å². The van der Waals surface area contributed by atoms with Crippen LogP contribution in [0.25, 0.3) is 0 Å². The fourth-order valence-electron chi connectivity index (χ4n) is 2.21. The molecule has 0 aliphatic heterocycles. The Hall–Kier alpha value is -1.14. The van der Waals surface area contributed by atoms with E-state index >= 15 is 0 Å². The highest BCUT2D eigenvalue weighted by atomic mass is 16.5. The van der Waals surface area contributed by atoms with E-state index in [1.165, 1.54) is 6.92 Å². The number of carbonyl (C=O) groups is 2. The molecule has 6 nitrogen and oxygen atoms in total. The fourth-order valence-corrected chi connectivity index (χ4v) is 2.21. The first-order valence-corrected chi connectivity index (χ1v) is 7.52. The average molecular weight is 302 g/mol. The molecule has 21 heavy (non-hydrogen) atoms. The van der Waals surface area contributed by atoms with Gasteiger partial charge in [0.15, 0.2) is 0 Å². The predicted molar refractivity (Wildman–Crippen MR) is 81.8 cm³/mol. The molecule has 124 valence electrons. The molecule has 0 aliphatic carbocycles. The third-order valence-electron chi connectivity index (χ3n) is 3.17. The van der Waals surface area contributed by atoms with E-state index in [4.69, 9.17) is 4.74 Å². The molecule has 0 aliphatic rings. The summed E-state index contributed by atoms with van der Waals surface area (Å²) in [5, 5.41) is 14.8. The van der Waals surface area contributed by atoms with Crippen LogP contribution in [0, 0.1) is 11.8 Å². The van der Waals surface area contributed by atoms with Gasteiger partial charge in [-0.1, -0.05) is 13.8 Å². The summed E-state index contributed by atoms with van der Waals surface area (Å²) in [6, 6.07) is -0.280. The van der Waals surface area contributed by atoms with Crippen molar-refractivity contribution in [2.24, 2.45) is 11.8 Å². The largest absolute Gasteiger partial charge is 0.394 e. The lowest BCUT2D eigenvalue weighted by molar-refractivity contribution is -0.124. The van der Waals surface area contributed by atoms with Gasteiger partial charge in [-0.15, -0.1) is 0 Å². The van der Waals surface area contributed by atoms with Gasteiger partial charge in [-0.05, 0) is 24.7 Å². The monoisotopic (exact) mass is 302 g/mol. The minimum Gasteiger partial charge on any atom is -0.394 e. The van der Waals surface area contributed by atoms with Crippen molar-refractivity contribution in [2.45, 2.75) is 46.1 Å². The van der Waals surface area contributed by atoms with Crippen LogP contribution < -0.4 is 10.6 Å². The molecule has 2 amide bonds. The van der Waals surface area contributed by atoms with Crippen molar-refractivity contribution in [1.29, 1.82) is 0 Å². The number of hydrogen-bond acceptors (Lipinski definition) is 4. The number of aliphatic hydroxyl groups is 1. The molecule has 0 radical (unpaired) electrons. The second kappa shape index (κ2) is 11.5. The van der Waals surface area contributed by atoms with Crippen LogP contribution in [0.5, 0.6) is 0 Å². The molecule has 6 heteroatoms. The quantitative estimate of drug-likeness (QED) is 0.524.